The number of carbonyl (C=O) groups excluding carboxylic acids is 1. The van der Waals surface area contributed by atoms with Gasteiger partial charge >= 0.3 is 5.97 Å². The van der Waals surface area contributed by atoms with E-state index in [1.165, 1.54) is 0 Å². The van der Waals surface area contributed by atoms with Gasteiger partial charge in [-0.2, -0.15) is 5.10 Å². The predicted molar refractivity (Wildman–Crippen MR) is 72.1 cm³/mol. The van der Waals surface area contributed by atoms with Crippen molar-refractivity contribution in [2.75, 3.05) is 13.1 Å². The van der Waals surface area contributed by atoms with Crippen LogP contribution in [0.3, 0.4) is 0 Å². The van der Waals surface area contributed by atoms with Crippen molar-refractivity contribution in [3.63, 3.8) is 0 Å². The Kier molecular flexibility index (Phi) is 3.14. The molecule has 1 unspecified atom stereocenters. The summed E-state index contributed by atoms with van der Waals surface area (Å²) in [6.45, 7) is 0.961. The summed E-state index contributed by atoms with van der Waals surface area (Å²) in [6, 6.07) is 7.69. The number of likely N-dealkylation sites (tertiary alicyclic amines) is 1. The Morgan fingerprint density at radius 3 is 2.90 bits per heavy atom. The van der Waals surface area contributed by atoms with Crippen LogP contribution >= 0.6 is 0 Å². The third-order valence-corrected chi connectivity index (χ3v) is 3.73. The molecule has 6 heteroatoms. The molecule has 1 fully saturated rings. The summed E-state index contributed by atoms with van der Waals surface area (Å²) >= 11 is 0. The molecule has 1 atom stereocenters. The Morgan fingerprint density at radius 2 is 2.15 bits per heavy atom. The molecule has 1 aliphatic rings. The third-order valence-electron chi connectivity index (χ3n) is 3.73. The lowest BCUT2D eigenvalue weighted by molar-refractivity contribution is -0.141. The van der Waals surface area contributed by atoms with Crippen molar-refractivity contribution in [3.05, 3.63) is 30.5 Å². The van der Waals surface area contributed by atoms with Crippen molar-refractivity contribution in [2.24, 2.45) is 5.92 Å². The lowest BCUT2D eigenvalue weighted by Crippen LogP contribution is -2.33. The third kappa shape index (κ3) is 2.24. The van der Waals surface area contributed by atoms with Crippen LogP contribution in [0, 0.1) is 5.92 Å². The molecular weight excluding hydrogens is 258 g/mol. The maximum absolute atomic E-state index is 12.2. The molecule has 0 radical (unpaired) electrons. The normalized spacial score (nSPS) is 18.6. The van der Waals surface area contributed by atoms with Crippen LogP contribution in [-0.4, -0.2) is 44.8 Å². The number of aliphatic carboxylic acids is 1. The number of fused-ring (bicyclic) bond motifs is 1. The Bertz CT molecular complexity index is 664. The zero-order valence-electron chi connectivity index (χ0n) is 10.9. The van der Waals surface area contributed by atoms with Gasteiger partial charge in [-0.25, -0.2) is 0 Å². The van der Waals surface area contributed by atoms with Gasteiger partial charge in [0, 0.05) is 18.5 Å². The van der Waals surface area contributed by atoms with Crippen molar-refractivity contribution in [1.82, 2.24) is 14.7 Å². The SMILES string of the molecule is O=C(O)C1CCN(C(=O)Cn2ncc3ccccc32)C1. The van der Waals surface area contributed by atoms with Gasteiger partial charge in [0.2, 0.25) is 5.91 Å². The highest BCUT2D eigenvalue weighted by Crippen LogP contribution is 2.18. The summed E-state index contributed by atoms with van der Waals surface area (Å²) in [4.78, 5) is 24.7. The molecule has 0 saturated carbocycles. The number of carboxylic acid groups (broad SMARTS) is 1. The van der Waals surface area contributed by atoms with Gasteiger partial charge < -0.3 is 10.0 Å². The maximum Gasteiger partial charge on any atom is 0.308 e. The average Bonchev–Trinajstić information content (AvgIpc) is 3.06. The molecule has 3 rings (SSSR count). The second kappa shape index (κ2) is 4.96. The van der Waals surface area contributed by atoms with E-state index in [1.807, 2.05) is 24.3 Å². The fourth-order valence-corrected chi connectivity index (χ4v) is 2.57. The van der Waals surface area contributed by atoms with E-state index >= 15 is 0 Å². The lowest BCUT2D eigenvalue weighted by atomic mass is 10.1. The summed E-state index contributed by atoms with van der Waals surface area (Å²) < 4.78 is 1.66. The number of benzene rings is 1. The van der Waals surface area contributed by atoms with Crippen LogP contribution in [0.25, 0.3) is 10.9 Å². The zero-order valence-corrected chi connectivity index (χ0v) is 10.9. The number of aromatic nitrogens is 2. The first-order valence-electron chi connectivity index (χ1n) is 6.56. The molecule has 104 valence electrons. The summed E-state index contributed by atoms with van der Waals surface area (Å²) in [5, 5.41) is 14.2. The molecule has 0 aliphatic carbocycles. The largest absolute Gasteiger partial charge is 0.481 e. The van der Waals surface area contributed by atoms with E-state index < -0.39 is 11.9 Å². The number of carboxylic acids is 1. The molecular formula is C14H15N3O3. The summed E-state index contributed by atoms with van der Waals surface area (Å²) in [6.07, 6.45) is 2.26. The quantitative estimate of drug-likeness (QED) is 0.904. The second-order valence-corrected chi connectivity index (χ2v) is 5.02. The topological polar surface area (TPSA) is 75.4 Å². The van der Waals surface area contributed by atoms with Crippen molar-refractivity contribution >= 4 is 22.8 Å². The highest BCUT2D eigenvalue weighted by atomic mass is 16.4. The van der Waals surface area contributed by atoms with Crippen molar-refractivity contribution in [1.29, 1.82) is 0 Å². The van der Waals surface area contributed by atoms with E-state index in [0.29, 0.717) is 19.5 Å². The van der Waals surface area contributed by atoms with E-state index in [4.69, 9.17) is 5.11 Å². The van der Waals surface area contributed by atoms with Gasteiger partial charge in [-0.3, -0.25) is 14.3 Å². The van der Waals surface area contributed by atoms with E-state index in [-0.39, 0.29) is 12.5 Å². The van der Waals surface area contributed by atoms with Gasteiger partial charge in [0.15, 0.2) is 0 Å². The summed E-state index contributed by atoms with van der Waals surface area (Å²) in [5.74, 6) is -1.35. The number of hydrogen-bond acceptors (Lipinski definition) is 3. The van der Waals surface area contributed by atoms with E-state index in [0.717, 1.165) is 10.9 Å². The molecule has 2 aromatic rings. The van der Waals surface area contributed by atoms with Gasteiger partial charge in [0.1, 0.15) is 6.54 Å². The molecule has 1 N–H and O–H groups in total. The first-order valence-corrected chi connectivity index (χ1v) is 6.56. The molecule has 1 aromatic heterocycles. The lowest BCUT2D eigenvalue weighted by Gasteiger charge is -2.16. The Balaban J connectivity index is 1.72. The number of para-hydroxylation sites is 1. The van der Waals surface area contributed by atoms with E-state index in [2.05, 4.69) is 5.10 Å². The minimum atomic E-state index is -0.829. The van der Waals surface area contributed by atoms with E-state index in [9.17, 15) is 9.59 Å². The number of rotatable bonds is 3. The molecule has 1 aliphatic heterocycles. The minimum absolute atomic E-state index is 0.0809. The molecule has 1 saturated heterocycles. The van der Waals surface area contributed by atoms with E-state index in [1.54, 1.807) is 15.8 Å². The smallest absolute Gasteiger partial charge is 0.308 e. The number of amides is 1. The van der Waals surface area contributed by atoms with Crippen LogP contribution in [-0.2, 0) is 16.1 Å². The number of nitrogens with zero attached hydrogens (tertiary/aromatic N) is 3. The Hall–Kier alpha value is -2.37. The van der Waals surface area contributed by atoms with Crippen LogP contribution in [0.5, 0.6) is 0 Å². The fourth-order valence-electron chi connectivity index (χ4n) is 2.57. The van der Waals surface area contributed by atoms with Crippen LogP contribution < -0.4 is 0 Å². The van der Waals surface area contributed by atoms with Gasteiger partial charge in [0.25, 0.3) is 0 Å². The van der Waals surface area contributed by atoms with Crippen molar-refractivity contribution in [2.45, 2.75) is 13.0 Å². The molecule has 20 heavy (non-hydrogen) atoms. The molecule has 2 heterocycles. The summed E-state index contributed by atoms with van der Waals surface area (Å²) in [5.41, 5.74) is 0.912. The van der Waals surface area contributed by atoms with Gasteiger partial charge in [-0.1, -0.05) is 18.2 Å². The average molecular weight is 273 g/mol. The zero-order chi connectivity index (χ0) is 14.1. The monoisotopic (exact) mass is 273 g/mol. The highest BCUT2D eigenvalue weighted by molar-refractivity contribution is 5.82. The van der Waals surface area contributed by atoms with Crippen molar-refractivity contribution in [3.8, 4) is 0 Å². The number of hydrogen-bond donors (Lipinski definition) is 1. The predicted octanol–water partition coefficient (Wildman–Crippen LogP) is 0.969. The molecule has 1 amide bonds. The molecule has 1 aromatic carbocycles. The Labute approximate surface area is 115 Å². The maximum atomic E-state index is 12.2. The van der Waals surface area contributed by atoms with Gasteiger partial charge in [0.05, 0.1) is 17.6 Å². The fraction of sp³-hybridized carbons (Fsp3) is 0.357. The van der Waals surface area contributed by atoms with Gasteiger partial charge in [-0.05, 0) is 12.5 Å². The minimum Gasteiger partial charge on any atom is -0.481 e. The summed E-state index contributed by atoms with van der Waals surface area (Å²) in [7, 11) is 0. The number of carbonyl (C=O) groups is 2. The molecule has 0 spiro atoms. The molecule has 6 nitrogen and oxygen atoms in total. The van der Waals surface area contributed by atoms with Crippen LogP contribution in [0.4, 0.5) is 0 Å². The van der Waals surface area contributed by atoms with Crippen molar-refractivity contribution < 1.29 is 14.7 Å². The first-order chi connectivity index (χ1) is 9.65. The molecule has 0 bridgehead atoms. The second-order valence-electron chi connectivity index (χ2n) is 5.02. The highest BCUT2D eigenvalue weighted by Gasteiger charge is 2.30. The van der Waals surface area contributed by atoms with Crippen LogP contribution in [0.15, 0.2) is 30.5 Å². The Morgan fingerprint density at radius 1 is 1.35 bits per heavy atom. The first kappa shape index (κ1) is 12.7. The van der Waals surface area contributed by atoms with Crippen LogP contribution in [0.1, 0.15) is 6.42 Å². The van der Waals surface area contributed by atoms with Crippen LogP contribution in [0.2, 0.25) is 0 Å². The standard InChI is InChI=1S/C14H15N3O3/c18-13(16-6-5-11(8-16)14(19)20)9-17-12-4-2-1-3-10(12)7-15-17/h1-4,7,11H,5-6,8-9H2,(H,19,20). The van der Waals surface area contributed by atoms with Gasteiger partial charge in [-0.15, -0.1) is 0 Å².